The minimum absolute atomic E-state index is 0.145. The molecule has 2 N–H and O–H groups in total. The lowest BCUT2D eigenvalue weighted by atomic mass is 9.91. The Morgan fingerprint density at radius 1 is 1.15 bits per heavy atom. The van der Waals surface area contributed by atoms with Crippen LogP contribution in [0.5, 0.6) is 11.5 Å². The standard InChI is InChI=1S/C20H27N3O4/c1-25-9-6-19(24)23-7-4-13(5-8-23)20-15(21)10-14-11-17(26-2)18(27-3)12-16(14)22-20/h10-13H,4-9,21H2,1-3H3. The van der Waals surface area contributed by atoms with Crippen molar-refractivity contribution in [3.8, 4) is 11.5 Å². The molecule has 1 aliphatic rings. The first-order valence-corrected chi connectivity index (χ1v) is 9.16. The number of aromatic nitrogens is 1. The zero-order valence-corrected chi connectivity index (χ0v) is 16.2. The molecule has 2 aromatic rings. The van der Waals surface area contributed by atoms with Crippen molar-refractivity contribution in [3.05, 3.63) is 23.9 Å². The highest BCUT2D eigenvalue weighted by atomic mass is 16.5. The number of rotatable bonds is 6. The lowest BCUT2D eigenvalue weighted by Crippen LogP contribution is -2.38. The van der Waals surface area contributed by atoms with Crippen molar-refractivity contribution in [2.45, 2.75) is 25.2 Å². The first kappa shape index (κ1) is 19.2. The van der Waals surface area contributed by atoms with Gasteiger partial charge in [-0.1, -0.05) is 0 Å². The third kappa shape index (κ3) is 4.08. The van der Waals surface area contributed by atoms with Crippen molar-refractivity contribution in [1.82, 2.24) is 9.88 Å². The Kier molecular flexibility index (Phi) is 6.01. The number of carbonyl (C=O) groups excluding carboxylic acids is 1. The average Bonchev–Trinajstić information content (AvgIpc) is 2.70. The second-order valence-electron chi connectivity index (χ2n) is 6.76. The maximum atomic E-state index is 12.2. The summed E-state index contributed by atoms with van der Waals surface area (Å²) in [5, 5.41) is 0.918. The number of nitrogen functional groups attached to an aromatic ring is 1. The van der Waals surface area contributed by atoms with Crippen molar-refractivity contribution in [2.75, 3.05) is 46.8 Å². The van der Waals surface area contributed by atoms with Crippen LogP contribution in [-0.2, 0) is 9.53 Å². The maximum Gasteiger partial charge on any atom is 0.224 e. The van der Waals surface area contributed by atoms with E-state index in [1.807, 2.05) is 23.1 Å². The molecule has 0 radical (unpaired) electrons. The summed E-state index contributed by atoms with van der Waals surface area (Å²) < 4.78 is 15.7. The Bertz CT molecular complexity index is 816. The van der Waals surface area contributed by atoms with Crippen molar-refractivity contribution in [3.63, 3.8) is 0 Å². The van der Waals surface area contributed by atoms with Crippen molar-refractivity contribution >= 4 is 22.5 Å². The fourth-order valence-corrected chi connectivity index (χ4v) is 3.61. The monoisotopic (exact) mass is 373 g/mol. The molecule has 1 aliphatic heterocycles. The molecule has 0 unspecified atom stereocenters. The van der Waals surface area contributed by atoms with E-state index in [0.29, 0.717) is 30.2 Å². The minimum atomic E-state index is 0.145. The summed E-state index contributed by atoms with van der Waals surface area (Å²) in [5.41, 5.74) is 8.72. The van der Waals surface area contributed by atoms with E-state index < -0.39 is 0 Å². The van der Waals surface area contributed by atoms with Crippen molar-refractivity contribution in [2.24, 2.45) is 0 Å². The van der Waals surface area contributed by atoms with Gasteiger partial charge < -0.3 is 24.8 Å². The second kappa shape index (κ2) is 8.43. The molecule has 1 saturated heterocycles. The van der Waals surface area contributed by atoms with E-state index in [0.717, 1.165) is 42.5 Å². The van der Waals surface area contributed by atoms with Gasteiger partial charge in [-0.2, -0.15) is 0 Å². The number of amides is 1. The van der Waals surface area contributed by atoms with E-state index in [1.54, 1.807) is 21.3 Å². The zero-order chi connectivity index (χ0) is 19.4. The first-order valence-electron chi connectivity index (χ1n) is 9.16. The molecule has 1 amide bonds. The molecule has 7 nitrogen and oxygen atoms in total. The molecule has 1 aromatic heterocycles. The normalized spacial score (nSPS) is 15.1. The van der Waals surface area contributed by atoms with E-state index >= 15 is 0 Å². The Morgan fingerprint density at radius 2 is 1.81 bits per heavy atom. The number of benzene rings is 1. The number of methoxy groups -OCH3 is 3. The third-order valence-electron chi connectivity index (χ3n) is 5.13. The molecule has 146 valence electrons. The number of anilines is 1. The molecule has 0 bridgehead atoms. The second-order valence-corrected chi connectivity index (χ2v) is 6.76. The van der Waals surface area contributed by atoms with Crippen LogP contribution in [0.3, 0.4) is 0 Å². The Morgan fingerprint density at radius 3 is 2.44 bits per heavy atom. The summed E-state index contributed by atoms with van der Waals surface area (Å²) in [4.78, 5) is 18.9. The number of fused-ring (bicyclic) bond motifs is 1. The van der Waals surface area contributed by atoms with Crippen LogP contribution >= 0.6 is 0 Å². The fraction of sp³-hybridized carbons (Fsp3) is 0.500. The van der Waals surface area contributed by atoms with Crippen LogP contribution in [0.25, 0.3) is 10.9 Å². The molecular formula is C20H27N3O4. The fourth-order valence-electron chi connectivity index (χ4n) is 3.61. The van der Waals surface area contributed by atoms with E-state index in [4.69, 9.17) is 24.9 Å². The highest BCUT2D eigenvalue weighted by Crippen LogP contribution is 2.36. The van der Waals surface area contributed by atoms with E-state index in [9.17, 15) is 4.79 Å². The third-order valence-corrected chi connectivity index (χ3v) is 5.13. The highest BCUT2D eigenvalue weighted by molar-refractivity contribution is 5.86. The molecule has 7 heteroatoms. The number of ether oxygens (including phenoxy) is 3. The molecule has 0 aliphatic carbocycles. The SMILES string of the molecule is COCCC(=O)N1CCC(c2nc3cc(OC)c(OC)cc3cc2N)CC1. The number of hydrogen-bond donors (Lipinski definition) is 1. The smallest absolute Gasteiger partial charge is 0.224 e. The minimum Gasteiger partial charge on any atom is -0.493 e. The van der Waals surface area contributed by atoms with Crippen LogP contribution in [0.1, 0.15) is 30.9 Å². The van der Waals surface area contributed by atoms with Gasteiger partial charge in [0.25, 0.3) is 0 Å². The van der Waals surface area contributed by atoms with Crippen LogP contribution in [0, 0.1) is 0 Å². The molecular weight excluding hydrogens is 346 g/mol. The summed E-state index contributed by atoms with van der Waals surface area (Å²) >= 11 is 0. The van der Waals surface area contributed by atoms with Crippen LogP contribution in [0.4, 0.5) is 5.69 Å². The first-order chi connectivity index (χ1) is 13.1. The number of piperidine rings is 1. The predicted octanol–water partition coefficient (Wildman–Crippen LogP) is 2.58. The summed E-state index contributed by atoms with van der Waals surface area (Å²) in [7, 11) is 4.83. The number of likely N-dealkylation sites (tertiary alicyclic amines) is 1. The maximum absolute atomic E-state index is 12.2. The van der Waals surface area contributed by atoms with Crippen LogP contribution in [-0.4, -0.2) is 56.8 Å². The molecule has 0 atom stereocenters. The molecule has 27 heavy (non-hydrogen) atoms. The van der Waals surface area contributed by atoms with Gasteiger partial charge in [0, 0.05) is 37.6 Å². The highest BCUT2D eigenvalue weighted by Gasteiger charge is 2.26. The summed E-state index contributed by atoms with van der Waals surface area (Å²) in [5.74, 6) is 1.69. The average molecular weight is 373 g/mol. The number of nitrogens with two attached hydrogens (primary N) is 1. The Labute approximate surface area is 159 Å². The van der Waals surface area contributed by atoms with Gasteiger partial charge in [-0.15, -0.1) is 0 Å². The molecule has 0 spiro atoms. The zero-order valence-electron chi connectivity index (χ0n) is 16.2. The van der Waals surface area contributed by atoms with Gasteiger partial charge in [0.15, 0.2) is 11.5 Å². The van der Waals surface area contributed by atoms with Gasteiger partial charge in [0.1, 0.15) is 0 Å². The molecule has 0 saturated carbocycles. The van der Waals surface area contributed by atoms with Crippen molar-refractivity contribution < 1.29 is 19.0 Å². The van der Waals surface area contributed by atoms with Crippen molar-refractivity contribution in [1.29, 1.82) is 0 Å². The lowest BCUT2D eigenvalue weighted by Gasteiger charge is -2.32. The lowest BCUT2D eigenvalue weighted by molar-refractivity contribution is -0.133. The molecule has 2 heterocycles. The molecule has 1 fully saturated rings. The largest absolute Gasteiger partial charge is 0.493 e. The molecule has 1 aromatic carbocycles. The van der Waals surface area contributed by atoms with E-state index in [-0.39, 0.29) is 11.8 Å². The number of nitrogens with zero attached hydrogens (tertiary/aromatic N) is 2. The van der Waals surface area contributed by atoms with Gasteiger partial charge >= 0.3 is 0 Å². The van der Waals surface area contributed by atoms with Gasteiger partial charge in [-0.25, -0.2) is 0 Å². The predicted molar refractivity (Wildman–Crippen MR) is 104 cm³/mol. The summed E-state index contributed by atoms with van der Waals surface area (Å²) in [6, 6.07) is 5.70. The van der Waals surface area contributed by atoms with Gasteiger partial charge in [0.2, 0.25) is 5.91 Å². The van der Waals surface area contributed by atoms with Gasteiger partial charge in [0.05, 0.1) is 44.1 Å². The van der Waals surface area contributed by atoms with Gasteiger partial charge in [-0.3, -0.25) is 9.78 Å². The van der Waals surface area contributed by atoms with Crippen LogP contribution in [0.15, 0.2) is 18.2 Å². The number of hydrogen-bond acceptors (Lipinski definition) is 6. The van der Waals surface area contributed by atoms with E-state index in [1.165, 1.54) is 0 Å². The Balaban J connectivity index is 1.79. The quantitative estimate of drug-likeness (QED) is 0.837. The van der Waals surface area contributed by atoms with Crippen LogP contribution < -0.4 is 15.2 Å². The topological polar surface area (TPSA) is 86.9 Å². The van der Waals surface area contributed by atoms with Gasteiger partial charge in [-0.05, 0) is 25.0 Å². The van der Waals surface area contributed by atoms with Crippen LogP contribution in [0.2, 0.25) is 0 Å². The number of pyridine rings is 1. The Hall–Kier alpha value is -2.54. The number of carbonyl (C=O) groups is 1. The molecule has 3 rings (SSSR count). The summed E-state index contributed by atoms with van der Waals surface area (Å²) in [6.07, 6.45) is 2.14. The summed E-state index contributed by atoms with van der Waals surface area (Å²) in [6.45, 7) is 1.90. The van der Waals surface area contributed by atoms with E-state index in [2.05, 4.69) is 0 Å².